The van der Waals surface area contributed by atoms with Crippen LogP contribution in [0.2, 0.25) is 0 Å². The van der Waals surface area contributed by atoms with Crippen LogP contribution in [0.3, 0.4) is 0 Å². The molecule has 14 heteroatoms. The number of nitrogens with zero attached hydrogens (tertiary/aromatic N) is 1. The highest BCUT2D eigenvalue weighted by Crippen LogP contribution is 2.39. The molecule has 0 spiro atoms. The van der Waals surface area contributed by atoms with E-state index in [0.29, 0.717) is 0 Å². The van der Waals surface area contributed by atoms with Gasteiger partial charge in [-0.05, 0) is 6.92 Å². The fourth-order valence-corrected chi connectivity index (χ4v) is 3.52. The van der Waals surface area contributed by atoms with Gasteiger partial charge in [0.25, 0.3) is 0 Å². The van der Waals surface area contributed by atoms with E-state index < -0.39 is 36.0 Å². The zero-order chi connectivity index (χ0) is 18.7. The minimum atomic E-state index is -6.75. The Balaban J connectivity index is 0.000000502. The third-order valence-electron chi connectivity index (χ3n) is 3.29. The van der Waals surface area contributed by atoms with Crippen LogP contribution in [0.1, 0.15) is 19.8 Å². The van der Waals surface area contributed by atoms with E-state index in [9.17, 15) is 42.7 Å². The topological polar surface area (TPSA) is 80.3 Å². The quantitative estimate of drug-likeness (QED) is 0.445. The van der Waals surface area contributed by atoms with Crippen molar-refractivity contribution in [3.05, 3.63) is 0 Å². The van der Waals surface area contributed by atoms with Crippen LogP contribution in [0.15, 0.2) is 0 Å². The molecule has 0 aromatic heterocycles. The summed E-state index contributed by atoms with van der Waals surface area (Å²) >= 11 is 0. The van der Waals surface area contributed by atoms with Crippen molar-refractivity contribution in [3.63, 3.8) is 0 Å². The Bertz CT molecular complexity index is 596. The van der Waals surface area contributed by atoms with E-state index in [0.717, 1.165) is 0 Å². The van der Waals surface area contributed by atoms with Crippen LogP contribution < -0.4 is 4.13 Å². The summed E-state index contributed by atoms with van der Waals surface area (Å²) in [7, 11) is -10.6. The first-order valence-electron chi connectivity index (χ1n) is 6.23. The number of halogens is 6. The molecular weight excluding hydrogens is 378 g/mol. The second-order valence-electron chi connectivity index (χ2n) is 5.13. The van der Waals surface area contributed by atoms with Crippen molar-refractivity contribution in [1.82, 2.24) is 4.13 Å². The molecule has 6 nitrogen and oxygen atoms in total. The van der Waals surface area contributed by atoms with E-state index in [1.807, 2.05) is 0 Å². The molecule has 1 rings (SSSR count). The van der Waals surface area contributed by atoms with E-state index >= 15 is 0 Å². The van der Waals surface area contributed by atoms with Gasteiger partial charge in [-0.1, -0.05) is 8.01 Å². The Labute approximate surface area is 130 Å². The summed E-state index contributed by atoms with van der Waals surface area (Å²) in [4.78, 5) is 0. The lowest BCUT2D eigenvalue weighted by Gasteiger charge is -2.26. The summed E-state index contributed by atoms with van der Waals surface area (Å²) in [5, 5.41) is -6.42. The zero-order valence-electron chi connectivity index (χ0n) is 12.2. The molecule has 1 fully saturated rings. The molecule has 23 heavy (non-hydrogen) atoms. The van der Waals surface area contributed by atoms with Gasteiger partial charge in [0.15, 0.2) is 0 Å². The van der Waals surface area contributed by atoms with E-state index in [4.69, 9.17) is 0 Å². The van der Waals surface area contributed by atoms with Gasteiger partial charge in [-0.3, -0.25) is 0 Å². The molecule has 1 heterocycles. The van der Waals surface area contributed by atoms with Crippen LogP contribution in [0.25, 0.3) is 0 Å². The van der Waals surface area contributed by atoms with Crippen molar-refractivity contribution in [3.8, 4) is 0 Å². The van der Waals surface area contributed by atoms with Gasteiger partial charge in [-0.2, -0.15) is 30.4 Å². The van der Waals surface area contributed by atoms with Crippen molar-refractivity contribution in [1.29, 1.82) is 0 Å². The molecular formula is C9H17F6N2O4S2+. The highest BCUT2D eigenvalue weighted by atomic mass is 32.3. The first-order valence-corrected chi connectivity index (χ1v) is 9.10. The van der Waals surface area contributed by atoms with Gasteiger partial charge in [0.1, 0.15) is 0 Å². The number of alkyl halides is 5. The van der Waals surface area contributed by atoms with E-state index in [1.165, 1.54) is 37.0 Å². The Hall–Kier alpha value is -0.600. The molecule has 1 aliphatic rings. The molecule has 1 saturated heterocycles. The van der Waals surface area contributed by atoms with Gasteiger partial charge in [0.2, 0.25) is 0 Å². The van der Waals surface area contributed by atoms with Gasteiger partial charge in [0, 0.05) is 12.8 Å². The molecule has 1 N–H and O–H groups in total. The first-order chi connectivity index (χ1) is 9.97. The summed E-state index contributed by atoms with van der Waals surface area (Å²) < 4.78 is 110. The zero-order valence-corrected chi connectivity index (χ0v) is 13.8. The van der Waals surface area contributed by atoms with E-state index in [2.05, 4.69) is 14.0 Å². The number of quaternary nitrogens is 1. The highest BCUT2D eigenvalue weighted by Gasteiger charge is 2.68. The Morgan fingerprint density at radius 2 is 1.39 bits per heavy atom. The lowest BCUT2D eigenvalue weighted by atomic mass is 10.4. The average molecular weight is 395 g/mol. The smallest absolute Gasteiger partial charge is 0.326 e. The molecule has 140 valence electrons. The maximum absolute atomic E-state index is 12.0. The molecule has 1 aliphatic heterocycles. The van der Waals surface area contributed by atoms with Gasteiger partial charge >= 0.3 is 31.9 Å². The third-order valence-corrected chi connectivity index (χ3v) is 5.87. The number of rotatable bonds is 4. The molecule has 0 atom stereocenters. The van der Waals surface area contributed by atoms with Crippen molar-refractivity contribution in [2.24, 2.45) is 0 Å². The number of hydrogen-bond donors (Lipinski definition) is 1. The van der Waals surface area contributed by atoms with Crippen molar-refractivity contribution in [2.75, 3.05) is 26.7 Å². The van der Waals surface area contributed by atoms with Crippen molar-refractivity contribution in [2.45, 2.75) is 31.2 Å². The Morgan fingerprint density at radius 3 is 1.61 bits per heavy atom. The van der Waals surface area contributed by atoms with E-state index in [1.54, 1.807) is 0 Å². The molecule has 0 aliphatic carbocycles. The maximum atomic E-state index is 12.0. The molecule has 0 bridgehead atoms. The maximum Gasteiger partial charge on any atom is 0.471 e. The minimum absolute atomic E-state index is 0.450. The van der Waals surface area contributed by atoms with Crippen LogP contribution in [0, 0.1) is 0 Å². The molecule has 0 unspecified atom stereocenters. The molecule has 0 aromatic carbocycles. The number of likely N-dealkylation sites (tertiary alicyclic amines) is 1. The molecule has 0 radical (unpaired) electrons. The molecule has 0 saturated carbocycles. The summed E-state index contributed by atoms with van der Waals surface area (Å²) in [6.07, 6.45) is -3.67. The summed E-state index contributed by atoms with van der Waals surface area (Å²) in [6, 6.07) is 0. The largest absolute Gasteiger partial charge is 0.471 e. The van der Waals surface area contributed by atoms with Crippen molar-refractivity contribution < 1.29 is 47.2 Å². The predicted molar refractivity (Wildman–Crippen MR) is 68.8 cm³/mol. The average Bonchev–Trinajstić information content (AvgIpc) is 2.73. The van der Waals surface area contributed by atoms with Gasteiger partial charge in [0.05, 0.1) is 26.7 Å². The van der Waals surface area contributed by atoms with Crippen LogP contribution in [-0.4, -0.2) is 59.4 Å². The van der Waals surface area contributed by atoms with Crippen LogP contribution in [0.5, 0.6) is 0 Å². The first kappa shape index (κ1) is 22.4. The van der Waals surface area contributed by atoms with Crippen LogP contribution in [0.4, 0.5) is 25.8 Å². The van der Waals surface area contributed by atoms with Crippen molar-refractivity contribution >= 4 is 20.4 Å². The third kappa shape index (κ3) is 6.43. The van der Waals surface area contributed by atoms with Gasteiger partial charge in [-0.15, -0.1) is 0 Å². The minimum Gasteiger partial charge on any atom is -0.326 e. The lowest BCUT2D eigenvalue weighted by Crippen LogP contribution is -2.50. The Kier molecular flexibility index (Phi) is 6.92. The van der Waals surface area contributed by atoms with Crippen LogP contribution >= 0.6 is 0 Å². The monoisotopic (exact) mass is 395 g/mol. The van der Waals surface area contributed by atoms with Gasteiger partial charge in [-0.25, -0.2) is 8.42 Å². The predicted octanol–water partition coefficient (Wildman–Crippen LogP) is 1.52. The second-order valence-corrected chi connectivity index (χ2v) is 8.19. The fraction of sp³-hybridized carbons (Fsp3) is 1.00. The summed E-state index contributed by atoms with van der Waals surface area (Å²) in [5.41, 5.74) is 0. The summed E-state index contributed by atoms with van der Waals surface area (Å²) in [6.45, 7) is 6.43. The van der Waals surface area contributed by atoms with E-state index in [-0.39, 0.29) is 0 Å². The fourth-order valence-electron chi connectivity index (χ4n) is 1.75. The summed E-state index contributed by atoms with van der Waals surface area (Å²) in [5.74, 6) is 0. The standard InChI is InChI=1S/C7H16N.C2HF6NO4S2/c1-3-8(2)6-4-5-7-8;3-1(4,5)2(6,7)14(10,11)9-15(8,12)13/h3-7H2,1-2H3;9H/q+1;. The SMILES string of the molecule is CC[N+]1(C)CCCC1.O=S(=O)(F)NS(=O)(=O)C(F)(F)C(F)(F)F. The highest BCUT2D eigenvalue weighted by molar-refractivity contribution is 8.03. The van der Waals surface area contributed by atoms with Crippen LogP contribution in [-0.2, 0) is 20.4 Å². The van der Waals surface area contributed by atoms with Gasteiger partial charge < -0.3 is 4.48 Å². The molecule has 0 aromatic rings. The normalized spacial score (nSPS) is 19.1. The molecule has 0 amide bonds. The number of sulfonamides is 1. The second kappa shape index (κ2) is 7.11. The number of nitrogens with one attached hydrogen (secondary N) is 1. The Morgan fingerprint density at radius 1 is 1.00 bits per heavy atom. The lowest BCUT2D eigenvalue weighted by molar-refractivity contribution is -0.895. The number of hydrogen-bond acceptors (Lipinski definition) is 4.